The van der Waals surface area contributed by atoms with Crippen molar-refractivity contribution in [2.75, 3.05) is 6.61 Å². The van der Waals surface area contributed by atoms with Crippen LogP contribution in [-0.4, -0.2) is 42.8 Å². The van der Waals surface area contributed by atoms with Crippen LogP contribution in [-0.2, 0) is 17.7 Å². The predicted molar refractivity (Wildman–Crippen MR) is 65.3 cm³/mol. The van der Waals surface area contributed by atoms with Gasteiger partial charge in [0.1, 0.15) is 0 Å². The first-order valence-electron chi connectivity index (χ1n) is 5.17. The van der Waals surface area contributed by atoms with Gasteiger partial charge < -0.3 is 8.54 Å². The molecule has 0 spiro atoms. The number of hydrogen-bond acceptors (Lipinski definition) is 4. The summed E-state index contributed by atoms with van der Waals surface area (Å²) in [6.07, 6.45) is 2.31. The Morgan fingerprint density at radius 1 is 1.33 bits per heavy atom. The molecule has 1 fully saturated rings. The Morgan fingerprint density at radius 2 is 2.13 bits per heavy atom. The van der Waals surface area contributed by atoms with Crippen molar-refractivity contribution < 1.29 is 17.7 Å². The van der Waals surface area contributed by atoms with Gasteiger partial charge in [0.15, 0.2) is 0 Å². The van der Waals surface area contributed by atoms with E-state index in [1.54, 1.807) is 0 Å². The van der Waals surface area contributed by atoms with Crippen molar-refractivity contribution in [2.45, 2.75) is 38.5 Å². The van der Waals surface area contributed by atoms with E-state index in [9.17, 15) is 0 Å². The van der Waals surface area contributed by atoms with E-state index in [-0.39, 0.29) is 19.8 Å². The molecular weight excluding hydrogens is 260 g/mol. The van der Waals surface area contributed by atoms with Crippen LogP contribution in [0.25, 0.3) is 0 Å². The smallest absolute Gasteiger partial charge is 0.433 e. The average Bonchev–Trinajstić information content (AvgIpc) is 2.18. The van der Waals surface area contributed by atoms with Gasteiger partial charge in [-0.05, 0) is 32.1 Å². The molecule has 1 aliphatic heterocycles. The predicted octanol–water partition coefficient (Wildman–Crippen LogP) is 0.970. The molecule has 1 aliphatic rings. The average molecular weight is 279 g/mol. The minimum absolute atomic E-state index is 0.0231. The second-order valence-corrected chi connectivity index (χ2v) is 16.3. The monoisotopic (exact) mass is 278 g/mol. The molecule has 0 bridgehead atoms. The highest BCUT2D eigenvalue weighted by Crippen LogP contribution is 2.12. The van der Waals surface area contributed by atoms with Crippen molar-refractivity contribution >= 4 is 36.2 Å². The molecule has 0 atom stereocenters. The van der Waals surface area contributed by atoms with Crippen molar-refractivity contribution in [2.24, 2.45) is 0 Å². The zero-order valence-corrected chi connectivity index (χ0v) is 13.7. The minimum Gasteiger partial charge on any atom is -0.433 e. The molecular formula is C7H18O4Si4. The van der Waals surface area contributed by atoms with Crippen LogP contribution in [0.15, 0.2) is 0 Å². The topological polar surface area (TPSA) is 36.9 Å². The highest BCUT2D eigenvalue weighted by molar-refractivity contribution is 7.27. The van der Waals surface area contributed by atoms with Crippen molar-refractivity contribution in [1.29, 1.82) is 0 Å². The normalized spacial score (nSPS) is 26.6. The van der Waals surface area contributed by atoms with Crippen LogP contribution in [0.4, 0.5) is 0 Å². The fourth-order valence-electron chi connectivity index (χ4n) is 1.06. The third kappa shape index (κ3) is 5.54. The van der Waals surface area contributed by atoms with Gasteiger partial charge in [0.25, 0.3) is 0 Å². The van der Waals surface area contributed by atoms with Gasteiger partial charge in [-0.1, -0.05) is 6.42 Å². The molecule has 8 heteroatoms. The fraction of sp³-hybridized carbons (Fsp3) is 1.00. The molecule has 0 aromatic rings. The van der Waals surface area contributed by atoms with E-state index in [1.807, 2.05) is 0 Å². The van der Waals surface area contributed by atoms with E-state index >= 15 is 0 Å². The molecule has 15 heavy (non-hydrogen) atoms. The van der Waals surface area contributed by atoms with Gasteiger partial charge >= 0.3 is 10.0 Å². The first-order chi connectivity index (χ1) is 7.13. The third-order valence-electron chi connectivity index (χ3n) is 2.37. The van der Waals surface area contributed by atoms with Crippen LogP contribution >= 0.6 is 0 Å². The Morgan fingerprint density at radius 3 is 2.93 bits per heavy atom. The van der Waals surface area contributed by atoms with Gasteiger partial charge in [0.05, 0.1) is 0 Å². The second kappa shape index (κ2) is 7.12. The van der Waals surface area contributed by atoms with Gasteiger partial charge in [0.2, 0.25) is 26.2 Å². The molecule has 0 unspecified atom stereocenters. The summed E-state index contributed by atoms with van der Waals surface area (Å²) in [5.74, 6) is 0. The second-order valence-electron chi connectivity index (χ2n) is 3.94. The Kier molecular flexibility index (Phi) is 6.53. The zero-order chi connectivity index (χ0) is 11.1. The molecule has 1 saturated heterocycles. The van der Waals surface area contributed by atoms with Gasteiger partial charge in [0, 0.05) is 6.61 Å². The van der Waals surface area contributed by atoms with Crippen molar-refractivity contribution in [3.8, 4) is 0 Å². The number of rotatable bonds is 0. The van der Waals surface area contributed by atoms with Crippen LogP contribution in [0.1, 0.15) is 12.8 Å². The van der Waals surface area contributed by atoms with Crippen LogP contribution in [0.3, 0.4) is 0 Å². The maximum atomic E-state index is 5.99. The molecule has 0 N–H and O–H groups in total. The first-order valence-corrected chi connectivity index (χ1v) is 13.1. The summed E-state index contributed by atoms with van der Waals surface area (Å²) in [5.41, 5.74) is 0. The summed E-state index contributed by atoms with van der Waals surface area (Å²) < 4.78 is 21.7. The maximum absolute atomic E-state index is 5.99. The Bertz CT molecular complexity index is 180. The van der Waals surface area contributed by atoms with E-state index in [0.717, 1.165) is 19.1 Å². The highest BCUT2D eigenvalue weighted by Gasteiger charge is 2.34. The zero-order valence-electron chi connectivity index (χ0n) is 9.54. The molecule has 0 aliphatic carbocycles. The number of hydrogen-bond donors (Lipinski definition) is 0. The van der Waals surface area contributed by atoms with Gasteiger partial charge in [-0.3, -0.25) is 9.15 Å². The van der Waals surface area contributed by atoms with E-state index in [0.29, 0.717) is 0 Å². The van der Waals surface area contributed by atoms with E-state index in [2.05, 4.69) is 19.6 Å². The minimum atomic E-state index is -1.61. The third-order valence-corrected chi connectivity index (χ3v) is 14.2. The van der Waals surface area contributed by atoms with Crippen LogP contribution in [0.2, 0.25) is 25.7 Å². The van der Waals surface area contributed by atoms with Crippen LogP contribution in [0, 0.1) is 0 Å². The molecule has 0 saturated carbocycles. The molecule has 86 valence electrons. The molecule has 0 amide bonds. The maximum Gasteiger partial charge on any atom is 0.459 e. The Balaban J connectivity index is 2.38. The van der Waals surface area contributed by atoms with Crippen molar-refractivity contribution in [3.63, 3.8) is 0 Å². The molecule has 4 nitrogen and oxygen atoms in total. The Labute approximate surface area is 99.2 Å². The van der Waals surface area contributed by atoms with Crippen LogP contribution < -0.4 is 0 Å². The summed E-state index contributed by atoms with van der Waals surface area (Å²) in [7, 11) is -2.48. The van der Waals surface area contributed by atoms with Gasteiger partial charge in [-0.25, -0.2) is 0 Å². The first kappa shape index (κ1) is 13.8. The van der Waals surface area contributed by atoms with Gasteiger partial charge in [-0.2, -0.15) is 0 Å². The van der Waals surface area contributed by atoms with E-state index in [4.69, 9.17) is 17.7 Å². The lowest BCUT2D eigenvalue weighted by atomic mass is 10.4. The summed E-state index contributed by atoms with van der Waals surface area (Å²) in [6, 6.07) is 1.11. The molecule has 0 aromatic carbocycles. The summed E-state index contributed by atoms with van der Waals surface area (Å²) >= 11 is 0. The molecule has 0 aromatic heterocycles. The molecule has 4 radical (unpaired) electrons. The highest BCUT2D eigenvalue weighted by atomic mass is 29.3. The van der Waals surface area contributed by atoms with E-state index in [1.165, 1.54) is 6.42 Å². The lowest BCUT2D eigenvalue weighted by molar-refractivity contribution is -0.109. The molecule has 1 heterocycles. The van der Waals surface area contributed by atoms with Crippen LogP contribution in [0.5, 0.6) is 0 Å². The SMILES string of the molecule is C[Si]1O[Si]OO[SiH]CCCCO[Si]1(C)C. The summed E-state index contributed by atoms with van der Waals surface area (Å²) in [6.45, 7) is 7.49. The summed E-state index contributed by atoms with van der Waals surface area (Å²) in [5, 5.41) is 0. The standard InChI is InChI=1S/C7H18O4Si4/c1-14-11-13-10-9-12-7-5-4-6-8-15(14,2)3/h12H,4-7H2,1-3H3. The lowest BCUT2D eigenvalue weighted by Crippen LogP contribution is -2.49. The largest absolute Gasteiger partial charge is 0.459 e. The summed E-state index contributed by atoms with van der Waals surface area (Å²) in [4.78, 5) is 0. The lowest BCUT2D eigenvalue weighted by Gasteiger charge is -2.27. The molecule has 1 rings (SSSR count). The quantitative estimate of drug-likeness (QED) is 0.489. The van der Waals surface area contributed by atoms with E-state index < -0.39 is 16.4 Å². The van der Waals surface area contributed by atoms with Crippen molar-refractivity contribution in [1.82, 2.24) is 0 Å². The van der Waals surface area contributed by atoms with Crippen molar-refractivity contribution in [3.05, 3.63) is 0 Å². The Hall–Kier alpha value is 0.708. The van der Waals surface area contributed by atoms with Gasteiger partial charge in [-0.15, -0.1) is 0 Å². The fourth-order valence-corrected chi connectivity index (χ4v) is 8.02.